The van der Waals surface area contributed by atoms with Crippen LogP contribution in [0.1, 0.15) is 31.0 Å². The Balaban J connectivity index is 1.45. The number of benzene rings is 1. The van der Waals surface area contributed by atoms with E-state index in [0.29, 0.717) is 12.4 Å². The molecule has 0 atom stereocenters. The summed E-state index contributed by atoms with van der Waals surface area (Å²) in [6.45, 7) is 7.91. The molecule has 0 amide bonds. The van der Waals surface area contributed by atoms with Crippen molar-refractivity contribution in [3.05, 3.63) is 41.8 Å². The summed E-state index contributed by atoms with van der Waals surface area (Å²) in [6, 6.07) is 8.97. The van der Waals surface area contributed by atoms with Crippen molar-refractivity contribution < 1.29 is 4.42 Å². The molecule has 1 aromatic heterocycles. The van der Waals surface area contributed by atoms with Crippen LogP contribution in [0.15, 0.2) is 39.9 Å². The van der Waals surface area contributed by atoms with Crippen molar-refractivity contribution in [2.45, 2.75) is 39.3 Å². The van der Waals surface area contributed by atoms with Gasteiger partial charge >= 0.3 is 0 Å². The molecule has 0 spiro atoms. The van der Waals surface area contributed by atoms with Crippen LogP contribution in [0.3, 0.4) is 0 Å². The van der Waals surface area contributed by atoms with Gasteiger partial charge in [-0.1, -0.05) is 24.6 Å². The minimum Gasteiger partial charge on any atom is -0.444 e. The number of nitrogens with one attached hydrogen (secondary N) is 2. The molecule has 0 saturated heterocycles. The molecule has 0 bridgehead atoms. The minimum absolute atomic E-state index is 0.579. The number of guanidine groups is 1. The molecule has 1 heterocycles. The standard InChI is InChI=1S/C20H29N5O/c1-4-25(18-9-10-18)12-11-22-20(21-3)23-13-17-14-26-19(24-17)16-7-5-15(2)6-8-16/h5-8,14,18H,4,9-13H2,1-3H3,(H2,21,22,23). The van der Waals surface area contributed by atoms with Gasteiger partial charge in [-0.25, -0.2) is 4.98 Å². The lowest BCUT2D eigenvalue weighted by Crippen LogP contribution is -2.41. The summed E-state index contributed by atoms with van der Waals surface area (Å²) in [5, 5.41) is 6.66. The second kappa shape index (κ2) is 8.85. The first-order chi connectivity index (χ1) is 12.7. The number of hydrogen-bond donors (Lipinski definition) is 2. The molecule has 0 aliphatic heterocycles. The molecule has 140 valence electrons. The van der Waals surface area contributed by atoms with Gasteiger partial charge in [0.15, 0.2) is 5.96 Å². The van der Waals surface area contributed by atoms with E-state index in [1.165, 1.54) is 18.4 Å². The van der Waals surface area contributed by atoms with Gasteiger partial charge in [0.05, 0.1) is 12.2 Å². The number of rotatable bonds is 8. The van der Waals surface area contributed by atoms with E-state index in [4.69, 9.17) is 4.42 Å². The van der Waals surface area contributed by atoms with Gasteiger partial charge in [-0.05, 0) is 38.4 Å². The summed E-state index contributed by atoms with van der Waals surface area (Å²) in [4.78, 5) is 11.3. The molecule has 1 aromatic carbocycles. The average Bonchev–Trinajstić information content (AvgIpc) is 3.39. The molecule has 1 aliphatic rings. The molecular formula is C20H29N5O. The SMILES string of the molecule is CCN(CCNC(=NC)NCc1coc(-c2ccc(C)cc2)n1)C1CC1. The molecular weight excluding hydrogens is 326 g/mol. The Labute approximate surface area is 155 Å². The third-order valence-electron chi connectivity index (χ3n) is 4.67. The van der Waals surface area contributed by atoms with Crippen LogP contribution >= 0.6 is 0 Å². The van der Waals surface area contributed by atoms with Crippen molar-refractivity contribution in [2.24, 2.45) is 4.99 Å². The highest BCUT2D eigenvalue weighted by molar-refractivity contribution is 5.79. The fourth-order valence-corrected chi connectivity index (χ4v) is 2.97. The Bertz CT molecular complexity index is 718. The summed E-state index contributed by atoms with van der Waals surface area (Å²) in [6.07, 6.45) is 4.38. The maximum atomic E-state index is 5.60. The monoisotopic (exact) mass is 355 g/mol. The van der Waals surface area contributed by atoms with Gasteiger partial charge in [-0.2, -0.15) is 0 Å². The average molecular weight is 355 g/mol. The number of nitrogens with zero attached hydrogens (tertiary/aromatic N) is 3. The number of aryl methyl sites for hydroxylation is 1. The topological polar surface area (TPSA) is 65.7 Å². The smallest absolute Gasteiger partial charge is 0.226 e. The summed E-state index contributed by atoms with van der Waals surface area (Å²) >= 11 is 0. The third-order valence-corrected chi connectivity index (χ3v) is 4.67. The molecule has 1 saturated carbocycles. The van der Waals surface area contributed by atoms with Gasteiger partial charge in [0.2, 0.25) is 5.89 Å². The van der Waals surface area contributed by atoms with Gasteiger partial charge in [0, 0.05) is 31.7 Å². The van der Waals surface area contributed by atoms with Crippen LogP contribution in [-0.2, 0) is 6.54 Å². The Kier molecular flexibility index (Phi) is 6.28. The largest absolute Gasteiger partial charge is 0.444 e. The van der Waals surface area contributed by atoms with Gasteiger partial charge < -0.3 is 15.1 Å². The summed E-state index contributed by atoms with van der Waals surface area (Å²) in [7, 11) is 1.79. The number of aromatic nitrogens is 1. The van der Waals surface area contributed by atoms with E-state index in [1.807, 2.05) is 12.1 Å². The molecule has 1 aliphatic carbocycles. The molecule has 26 heavy (non-hydrogen) atoms. The third kappa shape index (κ3) is 5.08. The van der Waals surface area contributed by atoms with Gasteiger partial charge in [-0.15, -0.1) is 0 Å². The first-order valence-corrected chi connectivity index (χ1v) is 9.39. The number of aliphatic imine (C=N–C) groups is 1. The molecule has 1 fully saturated rings. The van der Waals surface area contributed by atoms with Crippen LogP contribution in [0, 0.1) is 6.92 Å². The molecule has 2 aromatic rings. The Morgan fingerprint density at radius 3 is 2.69 bits per heavy atom. The number of likely N-dealkylation sites (N-methyl/N-ethyl adjacent to an activating group) is 1. The minimum atomic E-state index is 0.579. The van der Waals surface area contributed by atoms with Gasteiger partial charge in [0.25, 0.3) is 0 Å². The highest BCUT2D eigenvalue weighted by Gasteiger charge is 2.27. The maximum Gasteiger partial charge on any atom is 0.226 e. The van der Waals surface area contributed by atoms with Crippen molar-refractivity contribution in [3.8, 4) is 11.5 Å². The van der Waals surface area contributed by atoms with Crippen molar-refractivity contribution >= 4 is 5.96 Å². The van der Waals surface area contributed by atoms with Crippen molar-refractivity contribution in [1.82, 2.24) is 20.5 Å². The summed E-state index contributed by atoms with van der Waals surface area (Å²) in [5.74, 6) is 1.43. The summed E-state index contributed by atoms with van der Waals surface area (Å²) < 4.78 is 5.60. The first-order valence-electron chi connectivity index (χ1n) is 9.39. The molecule has 3 rings (SSSR count). The predicted octanol–water partition coefficient (Wildman–Crippen LogP) is 2.80. The molecule has 0 unspecified atom stereocenters. The van der Waals surface area contributed by atoms with Crippen LogP contribution in [0.2, 0.25) is 0 Å². The lowest BCUT2D eigenvalue weighted by Gasteiger charge is -2.20. The summed E-state index contributed by atoms with van der Waals surface area (Å²) in [5.41, 5.74) is 3.07. The normalized spacial score (nSPS) is 14.7. The number of oxazole rings is 1. The van der Waals surface area contributed by atoms with E-state index in [2.05, 4.69) is 51.5 Å². The fourth-order valence-electron chi connectivity index (χ4n) is 2.97. The highest BCUT2D eigenvalue weighted by atomic mass is 16.3. The van der Waals surface area contributed by atoms with Crippen LogP contribution in [0.25, 0.3) is 11.5 Å². The Hall–Kier alpha value is -2.34. The van der Waals surface area contributed by atoms with Gasteiger partial charge in [-0.3, -0.25) is 9.89 Å². The van der Waals surface area contributed by atoms with E-state index < -0.39 is 0 Å². The second-order valence-corrected chi connectivity index (χ2v) is 6.72. The molecule has 6 heteroatoms. The van der Waals surface area contributed by atoms with E-state index >= 15 is 0 Å². The lowest BCUT2D eigenvalue weighted by atomic mass is 10.1. The van der Waals surface area contributed by atoms with Crippen LogP contribution in [0.5, 0.6) is 0 Å². The highest BCUT2D eigenvalue weighted by Crippen LogP contribution is 2.25. The van der Waals surface area contributed by atoms with Crippen LogP contribution in [0.4, 0.5) is 0 Å². The zero-order valence-electron chi connectivity index (χ0n) is 16.0. The zero-order valence-corrected chi connectivity index (χ0v) is 16.0. The molecule has 0 radical (unpaired) electrons. The maximum absolute atomic E-state index is 5.60. The second-order valence-electron chi connectivity index (χ2n) is 6.72. The zero-order chi connectivity index (χ0) is 18.4. The Morgan fingerprint density at radius 1 is 1.27 bits per heavy atom. The quantitative estimate of drug-likeness (QED) is 0.563. The van der Waals surface area contributed by atoms with E-state index in [9.17, 15) is 0 Å². The van der Waals surface area contributed by atoms with Crippen LogP contribution < -0.4 is 10.6 Å². The Morgan fingerprint density at radius 2 is 2.04 bits per heavy atom. The molecule has 2 N–H and O–H groups in total. The van der Waals surface area contributed by atoms with Crippen LogP contribution in [-0.4, -0.2) is 48.6 Å². The fraction of sp³-hybridized carbons (Fsp3) is 0.500. The molecule has 6 nitrogen and oxygen atoms in total. The lowest BCUT2D eigenvalue weighted by molar-refractivity contribution is 0.282. The van der Waals surface area contributed by atoms with E-state index in [-0.39, 0.29) is 0 Å². The van der Waals surface area contributed by atoms with Crippen molar-refractivity contribution in [1.29, 1.82) is 0 Å². The first kappa shape index (κ1) is 18.5. The van der Waals surface area contributed by atoms with E-state index in [1.54, 1.807) is 13.3 Å². The van der Waals surface area contributed by atoms with Crippen molar-refractivity contribution in [3.63, 3.8) is 0 Å². The number of hydrogen-bond acceptors (Lipinski definition) is 4. The van der Waals surface area contributed by atoms with E-state index in [0.717, 1.165) is 42.9 Å². The predicted molar refractivity (Wildman–Crippen MR) is 105 cm³/mol. The van der Waals surface area contributed by atoms with Gasteiger partial charge in [0.1, 0.15) is 6.26 Å². The van der Waals surface area contributed by atoms with Crippen molar-refractivity contribution in [2.75, 3.05) is 26.7 Å².